The standard InChI is InChI=1S/C27H24N2O4S2/c1-3-12-33-18-8-5-7-17(15-18)23-22(24(30)20-9-6-13-34-20)25(31)26(32)29(23)27-28-19-11-10-16(4-2)14-21(19)35-27/h5-11,13-15,23,31H,3-4,12H2,1-2H3/t23-/m1/s1. The minimum atomic E-state index is -0.825. The summed E-state index contributed by atoms with van der Waals surface area (Å²) >= 11 is 2.65. The van der Waals surface area contributed by atoms with Gasteiger partial charge in [0.2, 0.25) is 5.78 Å². The zero-order chi connectivity index (χ0) is 24.5. The van der Waals surface area contributed by atoms with Crippen molar-refractivity contribution in [3.05, 3.63) is 87.3 Å². The van der Waals surface area contributed by atoms with Gasteiger partial charge < -0.3 is 9.84 Å². The Morgan fingerprint density at radius 1 is 1.14 bits per heavy atom. The van der Waals surface area contributed by atoms with Gasteiger partial charge in [0.1, 0.15) is 5.75 Å². The minimum absolute atomic E-state index is 0.0543. The summed E-state index contributed by atoms with van der Waals surface area (Å²) in [5.41, 5.74) is 2.67. The summed E-state index contributed by atoms with van der Waals surface area (Å²) in [5.74, 6) is -0.901. The number of Topliss-reactive ketones (excluding diaryl/α,β-unsaturated/α-hetero) is 1. The molecule has 1 atom stereocenters. The molecule has 0 spiro atoms. The van der Waals surface area contributed by atoms with Crippen molar-refractivity contribution in [1.29, 1.82) is 0 Å². The fraction of sp³-hybridized carbons (Fsp3) is 0.222. The van der Waals surface area contributed by atoms with Crippen LogP contribution in [0, 0.1) is 0 Å². The molecule has 0 saturated heterocycles. The van der Waals surface area contributed by atoms with Crippen LogP contribution in [-0.2, 0) is 11.2 Å². The predicted molar refractivity (Wildman–Crippen MR) is 140 cm³/mol. The van der Waals surface area contributed by atoms with Crippen molar-refractivity contribution in [3.8, 4) is 5.75 Å². The second-order valence-corrected chi connectivity index (χ2v) is 10.2. The molecule has 6 nitrogen and oxygen atoms in total. The normalized spacial score (nSPS) is 15.9. The Bertz CT molecular complexity index is 1440. The van der Waals surface area contributed by atoms with Crippen molar-refractivity contribution < 1.29 is 19.4 Å². The van der Waals surface area contributed by atoms with Crippen molar-refractivity contribution in [1.82, 2.24) is 4.98 Å². The summed E-state index contributed by atoms with van der Waals surface area (Å²) < 4.78 is 6.76. The Kier molecular flexibility index (Phi) is 6.40. The number of hydrogen-bond donors (Lipinski definition) is 1. The number of carbonyl (C=O) groups is 2. The molecule has 1 N–H and O–H groups in total. The average Bonchev–Trinajstić information content (AvgIpc) is 3.61. The summed E-state index contributed by atoms with van der Waals surface area (Å²) in [6, 6.07) is 16.0. The molecule has 4 aromatic rings. The van der Waals surface area contributed by atoms with Gasteiger partial charge in [-0.15, -0.1) is 11.3 Å². The molecule has 2 aromatic heterocycles. The van der Waals surface area contributed by atoms with Crippen LogP contribution in [0.3, 0.4) is 0 Å². The van der Waals surface area contributed by atoms with Crippen molar-refractivity contribution in [2.45, 2.75) is 32.7 Å². The fourth-order valence-electron chi connectivity index (χ4n) is 4.16. The van der Waals surface area contributed by atoms with Crippen LogP contribution < -0.4 is 9.64 Å². The van der Waals surface area contributed by atoms with Crippen LogP contribution in [0.15, 0.2) is 71.3 Å². The Hall–Kier alpha value is -3.49. The highest BCUT2D eigenvalue weighted by Gasteiger charge is 2.46. The molecule has 0 saturated carbocycles. The molecular formula is C27H24N2O4S2. The lowest BCUT2D eigenvalue weighted by Gasteiger charge is -2.24. The Morgan fingerprint density at radius 2 is 2.00 bits per heavy atom. The zero-order valence-electron chi connectivity index (χ0n) is 19.4. The molecule has 0 radical (unpaired) electrons. The van der Waals surface area contributed by atoms with Gasteiger partial charge >= 0.3 is 0 Å². The second kappa shape index (κ2) is 9.64. The van der Waals surface area contributed by atoms with Crippen LogP contribution in [-0.4, -0.2) is 28.4 Å². The maximum Gasteiger partial charge on any atom is 0.296 e. The SMILES string of the molecule is CCCOc1cccc([C@@H]2C(C(=O)c3cccs3)=C(O)C(=O)N2c2nc3ccc(CC)cc3s2)c1. The molecule has 0 unspecified atom stereocenters. The van der Waals surface area contributed by atoms with E-state index in [9.17, 15) is 14.7 Å². The smallest absolute Gasteiger partial charge is 0.296 e. The van der Waals surface area contributed by atoms with Gasteiger partial charge in [0.15, 0.2) is 10.9 Å². The quantitative estimate of drug-likeness (QED) is 0.277. The van der Waals surface area contributed by atoms with Crippen molar-refractivity contribution in [2.75, 3.05) is 11.5 Å². The highest BCUT2D eigenvalue weighted by Crippen LogP contribution is 2.45. The Balaban J connectivity index is 1.65. The van der Waals surface area contributed by atoms with Gasteiger partial charge in [-0.05, 0) is 59.7 Å². The third kappa shape index (κ3) is 4.24. The number of fused-ring (bicyclic) bond motifs is 1. The van der Waals surface area contributed by atoms with Gasteiger partial charge in [-0.1, -0.05) is 49.4 Å². The number of hydrogen-bond acceptors (Lipinski definition) is 7. The molecule has 1 aliphatic heterocycles. The molecule has 0 fully saturated rings. The highest BCUT2D eigenvalue weighted by molar-refractivity contribution is 7.22. The number of ether oxygens (including phenoxy) is 1. The van der Waals surface area contributed by atoms with Crippen LogP contribution in [0.25, 0.3) is 10.2 Å². The molecule has 8 heteroatoms. The number of thiophene rings is 1. The number of aliphatic hydroxyl groups is 1. The molecule has 3 heterocycles. The number of thiazole rings is 1. The van der Waals surface area contributed by atoms with Crippen LogP contribution in [0.2, 0.25) is 0 Å². The Morgan fingerprint density at radius 3 is 2.74 bits per heavy atom. The minimum Gasteiger partial charge on any atom is -0.503 e. The number of carbonyl (C=O) groups excluding carboxylic acids is 2. The summed E-state index contributed by atoms with van der Waals surface area (Å²) in [4.78, 5) is 33.5. The second-order valence-electron chi connectivity index (χ2n) is 8.22. The lowest BCUT2D eigenvalue weighted by molar-refractivity contribution is -0.117. The number of benzene rings is 2. The molecule has 0 aliphatic carbocycles. The van der Waals surface area contributed by atoms with Crippen molar-refractivity contribution in [2.24, 2.45) is 0 Å². The van der Waals surface area contributed by atoms with Gasteiger partial charge in [-0.3, -0.25) is 14.5 Å². The third-order valence-corrected chi connectivity index (χ3v) is 7.79. The van der Waals surface area contributed by atoms with E-state index in [1.807, 2.05) is 43.3 Å². The molecule has 5 rings (SSSR count). The number of rotatable bonds is 8. The van der Waals surface area contributed by atoms with E-state index < -0.39 is 17.7 Å². The van der Waals surface area contributed by atoms with E-state index in [2.05, 4.69) is 13.0 Å². The number of aromatic nitrogens is 1. The monoisotopic (exact) mass is 504 g/mol. The van der Waals surface area contributed by atoms with Crippen LogP contribution in [0.1, 0.15) is 47.1 Å². The topological polar surface area (TPSA) is 79.7 Å². The van der Waals surface area contributed by atoms with Crippen LogP contribution in [0.4, 0.5) is 5.13 Å². The number of aryl methyl sites for hydroxylation is 1. The molecule has 178 valence electrons. The average molecular weight is 505 g/mol. The van der Waals surface area contributed by atoms with E-state index >= 15 is 0 Å². The van der Waals surface area contributed by atoms with E-state index in [1.54, 1.807) is 17.5 Å². The molecule has 35 heavy (non-hydrogen) atoms. The summed E-state index contributed by atoms with van der Waals surface area (Å²) in [7, 11) is 0. The number of nitrogens with zero attached hydrogens (tertiary/aromatic N) is 2. The largest absolute Gasteiger partial charge is 0.503 e. The maximum absolute atomic E-state index is 13.5. The molecule has 1 amide bonds. The first-order valence-corrected chi connectivity index (χ1v) is 13.2. The van der Waals surface area contributed by atoms with E-state index in [-0.39, 0.29) is 11.4 Å². The predicted octanol–water partition coefficient (Wildman–Crippen LogP) is 6.49. The van der Waals surface area contributed by atoms with Gasteiger partial charge in [0, 0.05) is 0 Å². The number of aliphatic hydroxyl groups excluding tert-OH is 1. The van der Waals surface area contributed by atoms with Crippen LogP contribution in [0.5, 0.6) is 5.75 Å². The fourth-order valence-corrected chi connectivity index (χ4v) is 5.90. The lowest BCUT2D eigenvalue weighted by atomic mass is 9.95. The first-order valence-electron chi connectivity index (χ1n) is 11.5. The van der Waals surface area contributed by atoms with E-state index in [0.717, 1.165) is 23.1 Å². The van der Waals surface area contributed by atoms with E-state index in [1.165, 1.54) is 33.1 Å². The lowest BCUT2D eigenvalue weighted by Crippen LogP contribution is -2.30. The van der Waals surface area contributed by atoms with Gasteiger partial charge in [0.25, 0.3) is 5.91 Å². The van der Waals surface area contributed by atoms with E-state index in [4.69, 9.17) is 9.72 Å². The first-order chi connectivity index (χ1) is 17.0. The Labute approximate surface area is 211 Å². The maximum atomic E-state index is 13.5. The number of anilines is 1. The van der Waals surface area contributed by atoms with Crippen molar-refractivity contribution in [3.63, 3.8) is 0 Å². The molecule has 0 bridgehead atoms. The van der Waals surface area contributed by atoms with Gasteiger partial charge in [-0.2, -0.15) is 0 Å². The zero-order valence-corrected chi connectivity index (χ0v) is 21.0. The summed E-state index contributed by atoms with van der Waals surface area (Å²) in [6.45, 7) is 4.66. The number of amides is 1. The highest BCUT2D eigenvalue weighted by atomic mass is 32.1. The van der Waals surface area contributed by atoms with E-state index in [0.29, 0.717) is 27.9 Å². The summed E-state index contributed by atoms with van der Waals surface area (Å²) in [6.07, 6.45) is 1.74. The summed E-state index contributed by atoms with van der Waals surface area (Å²) in [5, 5.41) is 13.2. The molecule has 2 aromatic carbocycles. The molecular weight excluding hydrogens is 480 g/mol. The van der Waals surface area contributed by atoms with Crippen molar-refractivity contribution >= 4 is 49.7 Å². The van der Waals surface area contributed by atoms with Gasteiger partial charge in [0.05, 0.1) is 33.3 Å². The third-order valence-electron chi connectivity index (χ3n) is 5.90. The molecule has 1 aliphatic rings. The first kappa shape index (κ1) is 23.3. The van der Waals surface area contributed by atoms with Gasteiger partial charge in [-0.25, -0.2) is 4.98 Å². The number of ketones is 1. The van der Waals surface area contributed by atoms with Crippen LogP contribution >= 0.6 is 22.7 Å².